The highest BCUT2D eigenvalue weighted by atomic mass is 16.5. The van der Waals surface area contributed by atoms with Gasteiger partial charge < -0.3 is 4.74 Å². The zero-order valence-corrected chi connectivity index (χ0v) is 11.3. The van der Waals surface area contributed by atoms with Crippen molar-refractivity contribution < 1.29 is 4.74 Å². The minimum atomic E-state index is 0.158. The minimum absolute atomic E-state index is 0.158. The number of ether oxygens (including phenoxy) is 1. The fourth-order valence-electron chi connectivity index (χ4n) is 2.55. The highest BCUT2D eigenvalue weighted by Crippen LogP contribution is 2.33. The van der Waals surface area contributed by atoms with E-state index in [1.165, 1.54) is 37.7 Å². The molecule has 0 bridgehead atoms. The first-order valence-electron chi connectivity index (χ1n) is 6.83. The van der Waals surface area contributed by atoms with Crippen molar-refractivity contribution in [1.29, 1.82) is 0 Å². The summed E-state index contributed by atoms with van der Waals surface area (Å²) in [5.74, 6) is 1.09. The first kappa shape index (κ1) is 12.5. The topological polar surface area (TPSA) is 9.23 Å². The van der Waals surface area contributed by atoms with Gasteiger partial charge in [0.2, 0.25) is 0 Å². The van der Waals surface area contributed by atoms with Crippen molar-refractivity contribution in [2.45, 2.75) is 64.4 Å². The van der Waals surface area contributed by atoms with Crippen molar-refractivity contribution in [2.75, 3.05) is 0 Å². The van der Waals surface area contributed by atoms with Crippen molar-refractivity contribution in [3.63, 3.8) is 0 Å². The summed E-state index contributed by atoms with van der Waals surface area (Å²) >= 11 is 0. The van der Waals surface area contributed by atoms with Crippen LogP contribution in [0.1, 0.15) is 58.4 Å². The van der Waals surface area contributed by atoms with Crippen LogP contribution in [-0.2, 0) is 5.41 Å². The van der Waals surface area contributed by atoms with E-state index >= 15 is 0 Å². The Bertz CT molecular complexity index is 356. The second kappa shape index (κ2) is 5.12. The highest BCUT2D eigenvalue weighted by molar-refractivity contribution is 5.38. The Kier molecular flexibility index (Phi) is 3.76. The molecule has 0 heterocycles. The van der Waals surface area contributed by atoms with E-state index in [2.05, 4.69) is 45.0 Å². The predicted octanol–water partition coefficient (Wildman–Crippen LogP) is 4.70. The van der Waals surface area contributed by atoms with Gasteiger partial charge in [-0.1, -0.05) is 45.4 Å². The van der Waals surface area contributed by atoms with Crippen LogP contribution >= 0.6 is 0 Å². The average Bonchev–Trinajstić information content (AvgIpc) is 2.30. The monoisotopic (exact) mass is 232 g/mol. The Morgan fingerprint density at radius 3 is 2.29 bits per heavy atom. The summed E-state index contributed by atoms with van der Waals surface area (Å²) in [6, 6.07) is 8.50. The van der Waals surface area contributed by atoms with E-state index in [-0.39, 0.29) is 5.41 Å². The van der Waals surface area contributed by atoms with Gasteiger partial charge in [0, 0.05) is 0 Å². The van der Waals surface area contributed by atoms with Crippen LogP contribution in [0.4, 0.5) is 0 Å². The lowest BCUT2D eigenvalue weighted by Gasteiger charge is -2.28. The Balaban J connectivity index is 2.14. The van der Waals surface area contributed by atoms with Gasteiger partial charge in [0.1, 0.15) is 5.75 Å². The van der Waals surface area contributed by atoms with Gasteiger partial charge in [0.15, 0.2) is 0 Å². The lowest BCUT2D eigenvalue weighted by molar-refractivity contribution is 0.152. The lowest BCUT2D eigenvalue weighted by atomic mass is 9.86. The molecule has 1 fully saturated rings. The van der Waals surface area contributed by atoms with E-state index in [1.807, 2.05) is 0 Å². The maximum atomic E-state index is 6.21. The molecule has 1 aliphatic rings. The van der Waals surface area contributed by atoms with Crippen molar-refractivity contribution in [3.05, 3.63) is 29.8 Å². The SMILES string of the molecule is CC(C)(C)c1ccccc1OC1CCCCC1. The predicted molar refractivity (Wildman–Crippen MR) is 72.6 cm³/mol. The third-order valence-electron chi connectivity index (χ3n) is 3.54. The maximum Gasteiger partial charge on any atom is 0.123 e. The molecular formula is C16H24O. The highest BCUT2D eigenvalue weighted by Gasteiger charge is 2.21. The summed E-state index contributed by atoms with van der Waals surface area (Å²) in [7, 11) is 0. The zero-order valence-electron chi connectivity index (χ0n) is 11.3. The van der Waals surface area contributed by atoms with Crippen LogP contribution in [0, 0.1) is 0 Å². The van der Waals surface area contributed by atoms with E-state index in [0.29, 0.717) is 6.10 Å². The molecule has 1 heteroatoms. The molecule has 0 aromatic heterocycles. The first-order chi connectivity index (χ1) is 8.07. The fourth-order valence-corrected chi connectivity index (χ4v) is 2.55. The summed E-state index contributed by atoms with van der Waals surface area (Å²) in [5.41, 5.74) is 1.48. The zero-order chi connectivity index (χ0) is 12.3. The molecule has 1 nitrogen and oxygen atoms in total. The van der Waals surface area contributed by atoms with Crippen molar-refractivity contribution in [1.82, 2.24) is 0 Å². The Morgan fingerprint density at radius 1 is 1.00 bits per heavy atom. The molecule has 1 aromatic carbocycles. The van der Waals surface area contributed by atoms with E-state index in [1.54, 1.807) is 0 Å². The normalized spacial score (nSPS) is 18.1. The van der Waals surface area contributed by atoms with Gasteiger partial charge >= 0.3 is 0 Å². The van der Waals surface area contributed by atoms with Crippen LogP contribution in [0.15, 0.2) is 24.3 Å². The molecule has 1 aliphatic carbocycles. The molecule has 0 N–H and O–H groups in total. The number of hydrogen-bond donors (Lipinski definition) is 0. The smallest absolute Gasteiger partial charge is 0.123 e. The molecule has 0 atom stereocenters. The van der Waals surface area contributed by atoms with Crippen LogP contribution in [-0.4, -0.2) is 6.10 Å². The summed E-state index contributed by atoms with van der Waals surface area (Å²) < 4.78 is 6.21. The Hall–Kier alpha value is -0.980. The van der Waals surface area contributed by atoms with E-state index in [9.17, 15) is 0 Å². The standard InChI is InChI=1S/C16H24O/c1-16(2,3)14-11-7-8-12-15(14)17-13-9-5-4-6-10-13/h7-8,11-13H,4-6,9-10H2,1-3H3. The van der Waals surface area contributed by atoms with Gasteiger partial charge in [-0.25, -0.2) is 0 Å². The quantitative estimate of drug-likeness (QED) is 0.718. The van der Waals surface area contributed by atoms with E-state index < -0.39 is 0 Å². The Morgan fingerprint density at radius 2 is 1.65 bits per heavy atom. The van der Waals surface area contributed by atoms with Crippen LogP contribution in [0.5, 0.6) is 5.75 Å². The lowest BCUT2D eigenvalue weighted by Crippen LogP contribution is -2.22. The van der Waals surface area contributed by atoms with Gasteiger partial charge in [-0.2, -0.15) is 0 Å². The minimum Gasteiger partial charge on any atom is -0.490 e. The van der Waals surface area contributed by atoms with Crippen molar-refractivity contribution in [2.24, 2.45) is 0 Å². The molecule has 2 rings (SSSR count). The first-order valence-corrected chi connectivity index (χ1v) is 6.83. The number of hydrogen-bond acceptors (Lipinski definition) is 1. The average molecular weight is 232 g/mol. The fraction of sp³-hybridized carbons (Fsp3) is 0.625. The summed E-state index contributed by atoms with van der Waals surface area (Å²) in [6.45, 7) is 6.74. The number of rotatable bonds is 2. The van der Waals surface area contributed by atoms with Gasteiger partial charge in [0.25, 0.3) is 0 Å². The second-order valence-electron chi connectivity index (χ2n) is 6.12. The molecule has 0 radical (unpaired) electrons. The van der Waals surface area contributed by atoms with Gasteiger partial charge in [0.05, 0.1) is 6.10 Å². The molecule has 0 aliphatic heterocycles. The van der Waals surface area contributed by atoms with E-state index in [4.69, 9.17) is 4.74 Å². The molecule has 1 saturated carbocycles. The van der Waals surface area contributed by atoms with Crippen LogP contribution in [0.2, 0.25) is 0 Å². The van der Waals surface area contributed by atoms with Crippen molar-refractivity contribution >= 4 is 0 Å². The van der Waals surface area contributed by atoms with Gasteiger partial charge in [-0.05, 0) is 42.7 Å². The number of para-hydroxylation sites is 1. The second-order valence-corrected chi connectivity index (χ2v) is 6.12. The van der Waals surface area contributed by atoms with Gasteiger partial charge in [-0.3, -0.25) is 0 Å². The molecule has 0 amide bonds. The molecule has 1 aromatic rings. The maximum absolute atomic E-state index is 6.21. The Labute approximate surface area is 105 Å². The molecule has 17 heavy (non-hydrogen) atoms. The summed E-state index contributed by atoms with van der Waals surface area (Å²) in [5, 5.41) is 0. The van der Waals surface area contributed by atoms with Crippen LogP contribution in [0.3, 0.4) is 0 Å². The molecule has 0 spiro atoms. The van der Waals surface area contributed by atoms with Gasteiger partial charge in [-0.15, -0.1) is 0 Å². The third kappa shape index (κ3) is 3.24. The largest absolute Gasteiger partial charge is 0.490 e. The van der Waals surface area contributed by atoms with Crippen LogP contribution in [0.25, 0.3) is 0 Å². The number of benzene rings is 1. The summed E-state index contributed by atoms with van der Waals surface area (Å²) in [4.78, 5) is 0. The van der Waals surface area contributed by atoms with E-state index in [0.717, 1.165) is 5.75 Å². The summed E-state index contributed by atoms with van der Waals surface area (Å²) in [6.07, 6.45) is 6.90. The molecular weight excluding hydrogens is 208 g/mol. The molecule has 0 unspecified atom stereocenters. The van der Waals surface area contributed by atoms with Crippen LogP contribution < -0.4 is 4.74 Å². The third-order valence-corrected chi connectivity index (χ3v) is 3.54. The molecule has 94 valence electrons. The molecule has 0 saturated heterocycles. The van der Waals surface area contributed by atoms with Crippen molar-refractivity contribution in [3.8, 4) is 5.75 Å².